The van der Waals surface area contributed by atoms with Gasteiger partial charge in [-0.2, -0.15) is 0 Å². The zero-order chi connectivity index (χ0) is 14.9. The Kier molecular flexibility index (Phi) is 3.70. The highest BCUT2D eigenvalue weighted by molar-refractivity contribution is 5.93. The van der Waals surface area contributed by atoms with Crippen LogP contribution in [0.15, 0.2) is 30.5 Å². The van der Waals surface area contributed by atoms with Gasteiger partial charge in [-0.05, 0) is 32.9 Å². The van der Waals surface area contributed by atoms with Gasteiger partial charge in [0, 0.05) is 19.8 Å². The molecule has 2 rings (SSSR count). The molecule has 0 unspecified atom stereocenters. The maximum absolute atomic E-state index is 12.6. The molecule has 0 atom stereocenters. The van der Waals surface area contributed by atoms with Gasteiger partial charge in [-0.3, -0.25) is 4.90 Å². The molecule has 1 aromatic heterocycles. The van der Waals surface area contributed by atoms with Gasteiger partial charge in [0.05, 0.1) is 6.54 Å². The van der Waals surface area contributed by atoms with Crippen LogP contribution in [0.4, 0.5) is 10.6 Å². The third-order valence-corrected chi connectivity index (χ3v) is 3.00. The summed E-state index contributed by atoms with van der Waals surface area (Å²) in [6.45, 7) is 10.7. The molecule has 1 aliphatic rings. The molecular formula is C15H21N3O2. The number of pyridine rings is 1. The summed E-state index contributed by atoms with van der Waals surface area (Å²) in [6, 6.07) is 3.55. The summed E-state index contributed by atoms with van der Waals surface area (Å²) in [5.74, 6) is 1.21. The van der Waals surface area contributed by atoms with Gasteiger partial charge in [0.15, 0.2) is 11.6 Å². The zero-order valence-electron chi connectivity index (χ0n) is 12.5. The van der Waals surface area contributed by atoms with E-state index in [-0.39, 0.29) is 6.03 Å². The molecule has 0 radical (unpaired) electrons. The monoisotopic (exact) mass is 275 g/mol. The lowest BCUT2D eigenvalue weighted by atomic mass is 10.1. The van der Waals surface area contributed by atoms with E-state index in [0.29, 0.717) is 24.7 Å². The lowest BCUT2D eigenvalue weighted by molar-refractivity contribution is 0.103. The van der Waals surface area contributed by atoms with E-state index < -0.39 is 5.60 Å². The Morgan fingerprint density at radius 2 is 2.30 bits per heavy atom. The maximum Gasteiger partial charge on any atom is 0.325 e. The number of hydrogen-bond donors (Lipinski definition) is 0. The molecule has 0 fully saturated rings. The molecule has 0 N–H and O–H groups in total. The molecule has 0 aromatic carbocycles. The fourth-order valence-electron chi connectivity index (χ4n) is 2.29. The highest BCUT2D eigenvalue weighted by Gasteiger charge is 2.36. The van der Waals surface area contributed by atoms with Crippen LogP contribution in [0.2, 0.25) is 0 Å². The van der Waals surface area contributed by atoms with Crippen LogP contribution < -0.4 is 9.64 Å². The second-order valence-electron chi connectivity index (χ2n) is 5.87. The number of rotatable bonds is 2. The van der Waals surface area contributed by atoms with E-state index in [1.165, 1.54) is 0 Å². The van der Waals surface area contributed by atoms with Crippen LogP contribution in [-0.4, -0.2) is 41.7 Å². The van der Waals surface area contributed by atoms with Crippen molar-refractivity contribution in [3.05, 3.63) is 30.5 Å². The van der Waals surface area contributed by atoms with Crippen molar-refractivity contribution in [1.82, 2.24) is 9.88 Å². The maximum atomic E-state index is 12.6. The number of anilines is 1. The number of ether oxygens (including phenoxy) is 1. The SMILES string of the molecule is C=C(C)CN(C)C(=O)N1CC(C)(C)Oc2cccnc21. The lowest BCUT2D eigenvalue weighted by Gasteiger charge is -2.40. The van der Waals surface area contributed by atoms with E-state index in [4.69, 9.17) is 4.74 Å². The molecule has 2 heterocycles. The molecule has 1 aliphatic heterocycles. The van der Waals surface area contributed by atoms with Gasteiger partial charge in [0.2, 0.25) is 0 Å². The summed E-state index contributed by atoms with van der Waals surface area (Å²) in [4.78, 5) is 20.2. The van der Waals surface area contributed by atoms with Gasteiger partial charge >= 0.3 is 6.03 Å². The number of amides is 2. The zero-order valence-corrected chi connectivity index (χ0v) is 12.5. The number of hydrogen-bond acceptors (Lipinski definition) is 3. The summed E-state index contributed by atoms with van der Waals surface area (Å²) >= 11 is 0. The quantitative estimate of drug-likeness (QED) is 0.780. The van der Waals surface area contributed by atoms with Crippen molar-refractivity contribution in [3.8, 4) is 5.75 Å². The van der Waals surface area contributed by atoms with Crippen LogP contribution in [0.25, 0.3) is 0 Å². The number of carbonyl (C=O) groups excluding carboxylic acids is 1. The number of urea groups is 1. The molecule has 0 aliphatic carbocycles. The lowest BCUT2D eigenvalue weighted by Crippen LogP contribution is -2.53. The van der Waals surface area contributed by atoms with Gasteiger partial charge in [0.25, 0.3) is 0 Å². The van der Waals surface area contributed by atoms with Crippen molar-refractivity contribution in [2.75, 3.05) is 25.0 Å². The van der Waals surface area contributed by atoms with Crippen molar-refractivity contribution < 1.29 is 9.53 Å². The Balaban J connectivity index is 2.31. The minimum Gasteiger partial charge on any atom is -0.482 e. The van der Waals surface area contributed by atoms with Crippen LogP contribution >= 0.6 is 0 Å². The average molecular weight is 275 g/mol. The molecule has 5 heteroatoms. The predicted molar refractivity (Wildman–Crippen MR) is 79.1 cm³/mol. The van der Waals surface area contributed by atoms with Crippen LogP contribution in [0, 0.1) is 0 Å². The first-order valence-electron chi connectivity index (χ1n) is 6.61. The van der Waals surface area contributed by atoms with Crippen LogP contribution in [0.5, 0.6) is 5.75 Å². The number of nitrogens with zero attached hydrogens (tertiary/aromatic N) is 3. The standard InChI is InChI=1S/C15H21N3O2/c1-11(2)9-17(5)14(19)18-10-15(3,4)20-12-7-6-8-16-13(12)18/h6-8H,1,9-10H2,2-5H3. The number of likely N-dealkylation sites (N-methyl/N-ethyl adjacent to an activating group) is 1. The van der Waals surface area contributed by atoms with Crippen LogP contribution in [0.1, 0.15) is 20.8 Å². The van der Waals surface area contributed by atoms with Crippen molar-refractivity contribution in [2.45, 2.75) is 26.4 Å². The molecule has 0 spiro atoms. The minimum absolute atomic E-state index is 0.0932. The van der Waals surface area contributed by atoms with Crippen LogP contribution in [0.3, 0.4) is 0 Å². The second-order valence-corrected chi connectivity index (χ2v) is 5.87. The molecule has 20 heavy (non-hydrogen) atoms. The smallest absolute Gasteiger partial charge is 0.325 e. The van der Waals surface area contributed by atoms with Crippen molar-refractivity contribution in [1.29, 1.82) is 0 Å². The van der Waals surface area contributed by atoms with Gasteiger partial charge in [0.1, 0.15) is 5.60 Å². The van der Waals surface area contributed by atoms with Gasteiger partial charge in [-0.1, -0.05) is 12.2 Å². The number of aromatic nitrogens is 1. The third kappa shape index (κ3) is 2.92. The summed E-state index contributed by atoms with van der Waals surface area (Å²) in [5, 5.41) is 0. The van der Waals surface area contributed by atoms with E-state index in [9.17, 15) is 4.79 Å². The summed E-state index contributed by atoms with van der Waals surface area (Å²) in [5.41, 5.74) is 0.505. The molecule has 0 saturated heterocycles. The van der Waals surface area contributed by atoms with Crippen molar-refractivity contribution >= 4 is 11.8 Å². The minimum atomic E-state index is -0.435. The van der Waals surface area contributed by atoms with Crippen molar-refractivity contribution in [3.63, 3.8) is 0 Å². The molecule has 2 amide bonds. The highest BCUT2D eigenvalue weighted by atomic mass is 16.5. The van der Waals surface area contributed by atoms with E-state index in [1.54, 1.807) is 29.1 Å². The highest BCUT2D eigenvalue weighted by Crippen LogP contribution is 2.35. The molecular weight excluding hydrogens is 254 g/mol. The topological polar surface area (TPSA) is 45.7 Å². The number of carbonyl (C=O) groups is 1. The van der Waals surface area contributed by atoms with Gasteiger partial charge in [-0.15, -0.1) is 0 Å². The first-order chi connectivity index (χ1) is 9.30. The summed E-state index contributed by atoms with van der Waals surface area (Å²) in [6.07, 6.45) is 1.67. The summed E-state index contributed by atoms with van der Waals surface area (Å²) < 4.78 is 5.87. The Morgan fingerprint density at radius 1 is 1.60 bits per heavy atom. The van der Waals surface area contributed by atoms with Gasteiger partial charge < -0.3 is 9.64 Å². The Morgan fingerprint density at radius 3 is 2.95 bits per heavy atom. The number of fused-ring (bicyclic) bond motifs is 1. The Labute approximate surface area is 119 Å². The van der Waals surface area contributed by atoms with E-state index in [1.807, 2.05) is 26.8 Å². The molecule has 108 valence electrons. The average Bonchev–Trinajstić information content (AvgIpc) is 2.35. The van der Waals surface area contributed by atoms with Gasteiger partial charge in [-0.25, -0.2) is 9.78 Å². The van der Waals surface area contributed by atoms with Crippen LogP contribution in [-0.2, 0) is 0 Å². The molecule has 5 nitrogen and oxygen atoms in total. The Hall–Kier alpha value is -2.04. The first-order valence-corrected chi connectivity index (χ1v) is 6.61. The normalized spacial score (nSPS) is 16.1. The molecule has 0 bridgehead atoms. The van der Waals surface area contributed by atoms with E-state index in [0.717, 1.165) is 5.57 Å². The van der Waals surface area contributed by atoms with Crippen molar-refractivity contribution in [2.24, 2.45) is 0 Å². The summed E-state index contributed by atoms with van der Waals surface area (Å²) in [7, 11) is 1.77. The second kappa shape index (κ2) is 5.15. The van der Waals surface area contributed by atoms with E-state index >= 15 is 0 Å². The predicted octanol–water partition coefficient (Wildman–Crippen LogP) is 2.69. The first kappa shape index (κ1) is 14.4. The fourth-order valence-corrected chi connectivity index (χ4v) is 2.29. The third-order valence-electron chi connectivity index (χ3n) is 3.00. The Bertz CT molecular complexity index is 540. The fraction of sp³-hybridized carbons (Fsp3) is 0.467. The molecule has 0 saturated carbocycles. The largest absolute Gasteiger partial charge is 0.482 e. The molecule has 1 aromatic rings. The van der Waals surface area contributed by atoms with E-state index in [2.05, 4.69) is 11.6 Å².